The van der Waals surface area contributed by atoms with Crippen molar-refractivity contribution in [3.05, 3.63) is 54.0 Å². The van der Waals surface area contributed by atoms with Gasteiger partial charge in [-0.15, -0.1) is 12.4 Å². The van der Waals surface area contributed by atoms with Crippen LogP contribution >= 0.6 is 12.4 Å². The van der Waals surface area contributed by atoms with Gasteiger partial charge in [-0.3, -0.25) is 9.59 Å². The first-order valence-corrected chi connectivity index (χ1v) is 7.00. The normalized spacial score (nSPS) is 11.2. The third-order valence-corrected chi connectivity index (χ3v) is 3.19. The van der Waals surface area contributed by atoms with E-state index in [-0.39, 0.29) is 36.0 Å². The molecule has 3 N–H and O–H groups in total. The summed E-state index contributed by atoms with van der Waals surface area (Å²) in [7, 11) is 1.83. The third kappa shape index (κ3) is 5.43. The van der Waals surface area contributed by atoms with Crippen molar-refractivity contribution in [1.82, 2.24) is 10.6 Å². The molecule has 2 aromatic rings. The van der Waals surface area contributed by atoms with Gasteiger partial charge in [-0.2, -0.15) is 0 Å². The lowest BCUT2D eigenvalue weighted by atomic mass is 10.2. The maximum atomic E-state index is 12.1. The van der Waals surface area contributed by atoms with Gasteiger partial charge < -0.3 is 20.4 Å². The molecule has 0 fully saturated rings. The van der Waals surface area contributed by atoms with Crippen LogP contribution in [0.5, 0.6) is 0 Å². The van der Waals surface area contributed by atoms with Crippen molar-refractivity contribution in [2.45, 2.75) is 13.0 Å². The van der Waals surface area contributed by atoms with Gasteiger partial charge >= 0.3 is 0 Å². The Morgan fingerprint density at radius 3 is 2.61 bits per heavy atom. The number of likely N-dealkylation sites (N-methyl/N-ethyl adjacent to an activating group) is 1. The van der Waals surface area contributed by atoms with E-state index in [1.807, 2.05) is 14.0 Å². The van der Waals surface area contributed by atoms with Gasteiger partial charge in [-0.1, -0.05) is 6.07 Å². The molecule has 0 saturated heterocycles. The Labute approximate surface area is 141 Å². The van der Waals surface area contributed by atoms with Gasteiger partial charge in [0.2, 0.25) is 0 Å². The second kappa shape index (κ2) is 8.97. The molecule has 1 aromatic carbocycles. The van der Waals surface area contributed by atoms with Crippen LogP contribution in [0.4, 0.5) is 5.69 Å². The summed E-state index contributed by atoms with van der Waals surface area (Å²) in [5.41, 5.74) is 1.02. The van der Waals surface area contributed by atoms with Crippen LogP contribution in [0.3, 0.4) is 0 Å². The Kier molecular flexibility index (Phi) is 7.31. The minimum Gasteiger partial charge on any atom is -0.459 e. The fourth-order valence-electron chi connectivity index (χ4n) is 1.79. The van der Waals surface area contributed by atoms with Crippen molar-refractivity contribution in [2.75, 3.05) is 18.9 Å². The number of carbonyl (C=O) groups excluding carboxylic acids is 2. The minimum absolute atomic E-state index is 0. The summed E-state index contributed by atoms with van der Waals surface area (Å²) in [4.78, 5) is 24.0. The SMILES string of the molecule is CNC(C)CNC(=O)c1cccc(NC(=O)c2ccco2)c1.Cl. The van der Waals surface area contributed by atoms with Crippen molar-refractivity contribution >= 4 is 29.9 Å². The first kappa shape index (κ1) is 18.7. The molecule has 0 aliphatic rings. The summed E-state index contributed by atoms with van der Waals surface area (Å²) >= 11 is 0. The third-order valence-electron chi connectivity index (χ3n) is 3.19. The lowest BCUT2D eigenvalue weighted by Crippen LogP contribution is -2.37. The van der Waals surface area contributed by atoms with Gasteiger partial charge in [0.25, 0.3) is 11.8 Å². The number of carbonyl (C=O) groups is 2. The van der Waals surface area contributed by atoms with Crippen molar-refractivity contribution in [2.24, 2.45) is 0 Å². The molecular weight excluding hydrogens is 318 g/mol. The molecule has 1 unspecified atom stereocenters. The standard InChI is InChI=1S/C16H19N3O3.ClH/c1-11(17-2)10-18-15(20)12-5-3-6-13(9-12)19-16(21)14-7-4-8-22-14;/h3-9,11,17H,10H2,1-2H3,(H,18,20)(H,19,21);1H. The lowest BCUT2D eigenvalue weighted by molar-refractivity contribution is 0.0948. The molecule has 2 amide bonds. The van der Waals surface area contributed by atoms with Crippen LogP contribution in [0.2, 0.25) is 0 Å². The van der Waals surface area contributed by atoms with E-state index >= 15 is 0 Å². The topological polar surface area (TPSA) is 83.4 Å². The average Bonchev–Trinajstić information content (AvgIpc) is 3.07. The molecule has 0 aliphatic carbocycles. The van der Waals surface area contributed by atoms with Gasteiger partial charge in [0.1, 0.15) is 0 Å². The summed E-state index contributed by atoms with van der Waals surface area (Å²) in [6.07, 6.45) is 1.43. The van der Waals surface area contributed by atoms with Crippen molar-refractivity contribution in [3.63, 3.8) is 0 Å². The molecule has 0 radical (unpaired) electrons. The summed E-state index contributed by atoms with van der Waals surface area (Å²) in [6.45, 7) is 2.50. The minimum atomic E-state index is -0.355. The van der Waals surface area contributed by atoms with E-state index in [1.54, 1.807) is 36.4 Å². The molecule has 1 heterocycles. The van der Waals surface area contributed by atoms with Gasteiger partial charge in [-0.25, -0.2) is 0 Å². The van der Waals surface area contributed by atoms with E-state index in [0.29, 0.717) is 17.8 Å². The number of hydrogen-bond donors (Lipinski definition) is 3. The molecule has 1 atom stereocenters. The number of amides is 2. The van der Waals surface area contributed by atoms with Gasteiger partial charge in [0.05, 0.1) is 6.26 Å². The van der Waals surface area contributed by atoms with Crippen molar-refractivity contribution in [1.29, 1.82) is 0 Å². The van der Waals surface area contributed by atoms with E-state index in [9.17, 15) is 9.59 Å². The highest BCUT2D eigenvalue weighted by Crippen LogP contribution is 2.12. The fourth-order valence-corrected chi connectivity index (χ4v) is 1.79. The molecule has 0 bridgehead atoms. The largest absolute Gasteiger partial charge is 0.459 e. The highest BCUT2D eigenvalue weighted by atomic mass is 35.5. The number of hydrogen-bond acceptors (Lipinski definition) is 4. The van der Waals surface area contributed by atoms with Crippen LogP contribution in [-0.2, 0) is 0 Å². The number of anilines is 1. The van der Waals surface area contributed by atoms with E-state index in [4.69, 9.17) is 4.42 Å². The Bertz CT molecular complexity index is 644. The zero-order chi connectivity index (χ0) is 15.9. The predicted octanol–water partition coefficient (Wildman–Crippen LogP) is 2.29. The highest BCUT2D eigenvalue weighted by Gasteiger charge is 2.11. The zero-order valence-corrected chi connectivity index (χ0v) is 13.8. The van der Waals surface area contributed by atoms with E-state index in [0.717, 1.165) is 0 Å². The molecule has 1 aromatic heterocycles. The number of furan rings is 1. The molecule has 6 nitrogen and oxygen atoms in total. The number of rotatable bonds is 6. The van der Waals surface area contributed by atoms with E-state index in [1.165, 1.54) is 6.26 Å². The fraction of sp³-hybridized carbons (Fsp3) is 0.250. The first-order valence-electron chi connectivity index (χ1n) is 7.00. The second-order valence-corrected chi connectivity index (χ2v) is 4.91. The molecule has 7 heteroatoms. The molecule has 0 spiro atoms. The number of benzene rings is 1. The van der Waals surface area contributed by atoms with E-state index < -0.39 is 0 Å². The molecule has 0 aliphatic heterocycles. The predicted molar refractivity (Wildman–Crippen MR) is 91.2 cm³/mol. The lowest BCUT2D eigenvalue weighted by Gasteiger charge is -2.12. The molecule has 124 valence electrons. The smallest absolute Gasteiger partial charge is 0.291 e. The van der Waals surface area contributed by atoms with E-state index in [2.05, 4.69) is 16.0 Å². The quantitative estimate of drug-likeness (QED) is 0.755. The van der Waals surface area contributed by atoms with Crippen LogP contribution < -0.4 is 16.0 Å². The van der Waals surface area contributed by atoms with Gasteiger partial charge in [0, 0.05) is 23.8 Å². The Morgan fingerprint density at radius 2 is 1.96 bits per heavy atom. The van der Waals surface area contributed by atoms with Crippen LogP contribution in [0.25, 0.3) is 0 Å². The van der Waals surface area contributed by atoms with Crippen LogP contribution in [-0.4, -0.2) is 31.4 Å². The average molecular weight is 338 g/mol. The Morgan fingerprint density at radius 1 is 1.17 bits per heavy atom. The maximum absolute atomic E-state index is 12.1. The van der Waals surface area contributed by atoms with Crippen molar-refractivity contribution < 1.29 is 14.0 Å². The summed E-state index contributed by atoms with van der Waals surface area (Å²) in [6, 6.07) is 10.2. The summed E-state index contributed by atoms with van der Waals surface area (Å²) < 4.78 is 5.02. The molecule has 2 rings (SSSR count). The molecular formula is C16H20ClN3O3. The first-order chi connectivity index (χ1) is 10.6. The maximum Gasteiger partial charge on any atom is 0.291 e. The van der Waals surface area contributed by atoms with Crippen LogP contribution in [0, 0.1) is 0 Å². The zero-order valence-electron chi connectivity index (χ0n) is 13.0. The van der Waals surface area contributed by atoms with Crippen LogP contribution in [0.15, 0.2) is 47.1 Å². The van der Waals surface area contributed by atoms with Gasteiger partial charge in [-0.05, 0) is 44.3 Å². The summed E-state index contributed by atoms with van der Waals surface area (Å²) in [5.74, 6) is -0.319. The number of halogens is 1. The van der Waals surface area contributed by atoms with Crippen LogP contribution in [0.1, 0.15) is 27.8 Å². The monoisotopic (exact) mass is 337 g/mol. The second-order valence-electron chi connectivity index (χ2n) is 4.91. The Hall–Kier alpha value is -2.31. The summed E-state index contributed by atoms with van der Waals surface area (Å²) in [5, 5.41) is 8.56. The molecule has 23 heavy (non-hydrogen) atoms. The van der Waals surface area contributed by atoms with Gasteiger partial charge in [0.15, 0.2) is 5.76 Å². The Balaban J connectivity index is 0.00000264. The highest BCUT2D eigenvalue weighted by molar-refractivity contribution is 6.03. The molecule has 0 saturated carbocycles. The number of nitrogens with one attached hydrogen (secondary N) is 3. The van der Waals surface area contributed by atoms with Crippen molar-refractivity contribution in [3.8, 4) is 0 Å².